The van der Waals surface area contributed by atoms with Crippen LogP contribution in [-0.4, -0.2) is 29.9 Å². The normalized spacial score (nSPS) is 10.3. The summed E-state index contributed by atoms with van der Waals surface area (Å²) < 4.78 is 5.00. The van der Waals surface area contributed by atoms with E-state index in [1.807, 2.05) is 36.4 Å². The number of pyridine rings is 1. The molecule has 1 aromatic carbocycles. The largest absolute Gasteiger partial charge is 0.459 e. The fourth-order valence-corrected chi connectivity index (χ4v) is 2.51. The zero-order valence-electron chi connectivity index (χ0n) is 14.4. The van der Waals surface area contributed by atoms with E-state index in [0.29, 0.717) is 24.3 Å². The van der Waals surface area contributed by atoms with Crippen LogP contribution in [0.5, 0.6) is 0 Å². The number of hydrogen-bond acceptors (Lipinski definition) is 4. The second-order valence-corrected chi connectivity index (χ2v) is 5.68. The van der Waals surface area contributed by atoms with Gasteiger partial charge >= 0.3 is 0 Å². The lowest BCUT2D eigenvalue weighted by Gasteiger charge is -2.09. The number of aromatic nitrogens is 1. The van der Waals surface area contributed by atoms with E-state index in [2.05, 4.69) is 15.6 Å². The molecule has 0 aliphatic rings. The molecule has 132 valence electrons. The molecule has 2 aromatic heterocycles. The van der Waals surface area contributed by atoms with E-state index in [1.54, 1.807) is 25.1 Å². The van der Waals surface area contributed by atoms with Crippen LogP contribution in [0.25, 0.3) is 11.3 Å². The Morgan fingerprint density at radius 2 is 1.65 bits per heavy atom. The van der Waals surface area contributed by atoms with Crippen molar-refractivity contribution in [1.29, 1.82) is 0 Å². The molecule has 0 aliphatic heterocycles. The summed E-state index contributed by atoms with van der Waals surface area (Å²) in [6, 6.07) is 16.6. The van der Waals surface area contributed by atoms with Crippen LogP contribution in [0.1, 0.15) is 26.6 Å². The van der Waals surface area contributed by atoms with Crippen molar-refractivity contribution >= 4 is 11.8 Å². The molecule has 3 aromatic rings. The van der Waals surface area contributed by atoms with E-state index in [-0.39, 0.29) is 17.6 Å². The highest BCUT2D eigenvalue weighted by Gasteiger charge is 2.12. The number of furan rings is 1. The van der Waals surface area contributed by atoms with Gasteiger partial charge in [0.2, 0.25) is 0 Å². The number of aryl methyl sites for hydroxylation is 1. The highest BCUT2D eigenvalue weighted by atomic mass is 16.3. The van der Waals surface area contributed by atoms with Crippen molar-refractivity contribution in [2.24, 2.45) is 0 Å². The van der Waals surface area contributed by atoms with E-state index in [1.165, 1.54) is 6.26 Å². The number of nitrogens with one attached hydrogen (secondary N) is 2. The number of carbonyl (C=O) groups excluding carboxylic acids is 2. The molecule has 6 heteroatoms. The summed E-state index contributed by atoms with van der Waals surface area (Å²) in [6.45, 7) is 2.42. The second-order valence-electron chi connectivity index (χ2n) is 5.68. The molecule has 0 saturated carbocycles. The summed E-state index contributed by atoms with van der Waals surface area (Å²) in [5.41, 5.74) is 3.00. The van der Waals surface area contributed by atoms with Gasteiger partial charge in [-0.15, -0.1) is 0 Å². The zero-order chi connectivity index (χ0) is 18.4. The van der Waals surface area contributed by atoms with Gasteiger partial charge < -0.3 is 15.1 Å². The van der Waals surface area contributed by atoms with Gasteiger partial charge in [0.25, 0.3) is 11.8 Å². The zero-order valence-corrected chi connectivity index (χ0v) is 14.4. The van der Waals surface area contributed by atoms with E-state index in [0.717, 1.165) is 11.3 Å². The van der Waals surface area contributed by atoms with Crippen molar-refractivity contribution in [2.75, 3.05) is 13.1 Å². The first-order chi connectivity index (χ1) is 12.6. The van der Waals surface area contributed by atoms with Crippen LogP contribution in [0.4, 0.5) is 0 Å². The lowest BCUT2D eigenvalue weighted by molar-refractivity contribution is 0.0910. The van der Waals surface area contributed by atoms with E-state index in [9.17, 15) is 9.59 Å². The molecular formula is C20H19N3O3. The Kier molecular flexibility index (Phi) is 5.43. The van der Waals surface area contributed by atoms with Crippen LogP contribution in [0.15, 0.2) is 65.3 Å². The minimum atomic E-state index is -0.311. The smallest absolute Gasteiger partial charge is 0.287 e. The van der Waals surface area contributed by atoms with Gasteiger partial charge in [0.1, 0.15) is 0 Å². The predicted molar refractivity (Wildman–Crippen MR) is 97.8 cm³/mol. The van der Waals surface area contributed by atoms with Gasteiger partial charge in [0, 0.05) is 18.7 Å². The Labute approximate surface area is 151 Å². The number of benzene rings is 1. The maximum atomic E-state index is 12.3. The summed E-state index contributed by atoms with van der Waals surface area (Å²) in [5.74, 6) is -0.288. The number of nitrogens with zero attached hydrogens (tertiary/aromatic N) is 1. The van der Waals surface area contributed by atoms with Crippen LogP contribution < -0.4 is 10.6 Å². The Bertz CT molecular complexity index is 890. The lowest BCUT2D eigenvalue weighted by Crippen LogP contribution is -2.34. The Morgan fingerprint density at radius 3 is 2.31 bits per heavy atom. The first-order valence-corrected chi connectivity index (χ1v) is 8.28. The van der Waals surface area contributed by atoms with E-state index < -0.39 is 0 Å². The van der Waals surface area contributed by atoms with Gasteiger partial charge in [-0.05, 0) is 31.2 Å². The Morgan fingerprint density at radius 1 is 0.923 bits per heavy atom. The van der Waals surface area contributed by atoms with Crippen LogP contribution in [0, 0.1) is 6.92 Å². The van der Waals surface area contributed by atoms with Crippen molar-refractivity contribution < 1.29 is 14.0 Å². The minimum absolute atomic E-state index is 0.221. The third-order valence-corrected chi connectivity index (χ3v) is 3.84. The highest BCUT2D eigenvalue weighted by molar-refractivity contribution is 5.95. The molecule has 0 aliphatic carbocycles. The van der Waals surface area contributed by atoms with Crippen molar-refractivity contribution in [3.8, 4) is 11.3 Å². The van der Waals surface area contributed by atoms with Gasteiger partial charge in [-0.2, -0.15) is 0 Å². The van der Waals surface area contributed by atoms with Gasteiger partial charge in [0.05, 0.1) is 23.2 Å². The van der Waals surface area contributed by atoms with Crippen LogP contribution in [0.3, 0.4) is 0 Å². The van der Waals surface area contributed by atoms with Crippen molar-refractivity contribution in [2.45, 2.75) is 6.92 Å². The van der Waals surface area contributed by atoms with Gasteiger partial charge in [-0.25, -0.2) is 0 Å². The summed E-state index contributed by atoms with van der Waals surface area (Å²) in [4.78, 5) is 28.5. The molecule has 0 fully saturated rings. The van der Waals surface area contributed by atoms with Crippen LogP contribution in [-0.2, 0) is 0 Å². The molecule has 6 nitrogen and oxygen atoms in total. The van der Waals surface area contributed by atoms with Gasteiger partial charge in [-0.3, -0.25) is 14.6 Å². The first kappa shape index (κ1) is 17.4. The van der Waals surface area contributed by atoms with Crippen LogP contribution in [0.2, 0.25) is 0 Å². The summed E-state index contributed by atoms with van der Waals surface area (Å²) in [6.07, 6.45) is 1.44. The molecule has 2 heterocycles. The van der Waals surface area contributed by atoms with Crippen molar-refractivity contribution in [3.05, 3.63) is 77.9 Å². The van der Waals surface area contributed by atoms with E-state index in [4.69, 9.17) is 4.42 Å². The molecule has 0 unspecified atom stereocenters. The summed E-state index contributed by atoms with van der Waals surface area (Å²) >= 11 is 0. The molecule has 26 heavy (non-hydrogen) atoms. The van der Waals surface area contributed by atoms with Gasteiger partial charge in [-0.1, -0.05) is 30.3 Å². The quantitative estimate of drug-likeness (QED) is 0.670. The third kappa shape index (κ3) is 4.16. The third-order valence-electron chi connectivity index (χ3n) is 3.84. The molecular weight excluding hydrogens is 330 g/mol. The topological polar surface area (TPSA) is 84.2 Å². The lowest BCUT2D eigenvalue weighted by atomic mass is 10.1. The number of amides is 2. The van der Waals surface area contributed by atoms with Gasteiger partial charge in [0.15, 0.2) is 5.76 Å². The molecule has 0 saturated heterocycles. The average molecular weight is 349 g/mol. The number of carbonyl (C=O) groups is 2. The van der Waals surface area contributed by atoms with E-state index >= 15 is 0 Å². The Balaban J connectivity index is 1.54. The molecule has 2 amide bonds. The summed E-state index contributed by atoms with van der Waals surface area (Å²) in [5, 5.41) is 5.45. The SMILES string of the molecule is Cc1nc(-c2ccccc2)ccc1C(=O)NCCNC(=O)c1ccco1. The van der Waals surface area contributed by atoms with Crippen molar-refractivity contribution in [1.82, 2.24) is 15.6 Å². The first-order valence-electron chi connectivity index (χ1n) is 8.28. The summed E-state index contributed by atoms with van der Waals surface area (Å²) in [7, 11) is 0. The minimum Gasteiger partial charge on any atom is -0.459 e. The maximum absolute atomic E-state index is 12.3. The monoisotopic (exact) mass is 349 g/mol. The fraction of sp³-hybridized carbons (Fsp3) is 0.150. The Hall–Kier alpha value is -3.41. The molecule has 0 atom stereocenters. The predicted octanol–water partition coefficient (Wildman–Crippen LogP) is 2.81. The highest BCUT2D eigenvalue weighted by Crippen LogP contribution is 2.18. The molecule has 0 bridgehead atoms. The van der Waals surface area contributed by atoms with Crippen LogP contribution >= 0.6 is 0 Å². The second kappa shape index (κ2) is 8.11. The molecule has 0 radical (unpaired) electrons. The molecule has 3 rings (SSSR count). The van der Waals surface area contributed by atoms with Crippen molar-refractivity contribution in [3.63, 3.8) is 0 Å². The molecule has 2 N–H and O–H groups in total. The molecule has 0 spiro atoms. The average Bonchev–Trinajstić information content (AvgIpc) is 3.20. The standard InChI is InChI=1S/C20H19N3O3/c1-14-16(9-10-17(23-14)15-6-3-2-4-7-15)19(24)21-11-12-22-20(25)18-8-5-13-26-18/h2-10,13H,11-12H2,1H3,(H,21,24)(H,22,25). The number of rotatable bonds is 6. The maximum Gasteiger partial charge on any atom is 0.287 e. The fourth-order valence-electron chi connectivity index (χ4n) is 2.51. The number of hydrogen-bond donors (Lipinski definition) is 2.